The van der Waals surface area contributed by atoms with Crippen LogP contribution in [0.5, 0.6) is 5.88 Å². The maximum absolute atomic E-state index is 14.1. The molecule has 1 aromatic heterocycles. The van der Waals surface area contributed by atoms with Crippen molar-refractivity contribution in [2.24, 2.45) is 7.05 Å². The number of rotatable bonds is 3. The largest absolute Gasteiger partial charge is 0.481 e. The molecule has 0 fully saturated rings. The van der Waals surface area contributed by atoms with Gasteiger partial charge in [0.05, 0.1) is 23.9 Å². The number of halogens is 2. The molecule has 0 saturated carbocycles. The molecule has 0 aliphatic heterocycles. The molecule has 1 unspecified atom stereocenters. The fraction of sp³-hybridized carbons (Fsp3) is 0.357. The summed E-state index contributed by atoms with van der Waals surface area (Å²) < 4.78 is 34.5. The molecule has 0 radical (unpaired) electrons. The highest BCUT2D eigenvalue weighted by Crippen LogP contribution is 2.35. The summed E-state index contributed by atoms with van der Waals surface area (Å²) >= 11 is 0. The zero-order chi connectivity index (χ0) is 15.0. The Morgan fingerprint density at radius 3 is 2.50 bits per heavy atom. The van der Waals surface area contributed by atoms with Crippen LogP contribution in [0, 0.1) is 25.5 Å². The van der Waals surface area contributed by atoms with Crippen LogP contribution in [-0.4, -0.2) is 22.0 Å². The fourth-order valence-electron chi connectivity index (χ4n) is 2.28. The lowest BCUT2D eigenvalue weighted by atomic mass is 9.98. The van der Waals surface area contributed by atoms with Crippen LogP contribution in [0.15, 0.2) is 12.1 Å². The molecule has 0 spiro atoms. The lowest BCUT2D eigenvalue weighted by molar-refractivity contribution is 0.202. The van der Waals surface area contributed by atoms with Gasteiger partial charge in [0.25, 0.3) is 0 Å². The zero-order valence-corrected chi connectivity index (χ0v) is 11.7. The molecule has 0 saturated heterocycles. The van der Waals surface area contributed by atoms with Crippen molar-refractivity contribution < 1.29 is 18.6 Å². The van der Waals surface area contributed by atoms with Crippen molar-refractivity contribution in [1.82, 2.24) is 9.78 Å². The fourth-order valence-corrected chi connectivity index (χ4v) is 2.28. The van der Waals surface area contributed by atoms with Crippen LogP contribution < -0.4 is 4.74 Å². The lowest BCUT2D eigenvalue weighted by Crippen LogP contribution is -2.09. The van der Waals surface area contributed by atoms with Crippen molar-refractivity contribution in [3.05, 3.63) is 46.2 Å². The Bertz CT molecular complexity index is 653. The number of aromatic nitrogens is 2. The number of benzene rings is 1. The van der Waals surface area contributed by atoms with Gasteiger partial charge >= 0.3 is 0 Å². The van der Waals surface area contributed by atoms with Crippen LogP contribution in [0.4, 0.5) is 8.78 Å². The van der Waals surface area contributed by atoms with Gasteiger partial charge in [-0.15, -0.1) is 0 Å². The molecule has 0 aliphatic rings. The van der Waals surface area contributed by atoms with Gasteiger partial charge in [-0.25, -0.2) is 13.5 Å². The summed E-state index contributed by atoms with van der Waals surface area (Å²) in [6.07, 6.45) is -1.47. The molecular weight excluding hydrogens is 266 g/mol. The van der Waals surface area contributed by atoms with Gasteiger partial charge < -0.3 is 9.84 Å². The second-order valence-corrected chi connectivity index (χ2v) is 4.63. The Labute approximate surface area is 115 Å². The summed E-state index contributed by atoms with van der Waals surface area (Å²) in [6, 6.07) is 2.46. The number of aryl methyl sites for hydroxylation is 3. The molecule has 4 nitrogen and oxygen atoms in total. The van der Waals surface area contributed by atoms with Crippen molar-refractivity contribution in [2.75, 3.05) is 7.11 Å². The first kappa shape index (κ1) is 14.5. The first-order valence-corrected chi connectivity index (χ1v) is 6.08. The number of methoxy groups -OCH3 is 1. The summed E-state index contributed by atoms with van der Waals surface area (Å²) in [4.78, 5) is 0. The molecule has 1 N–H and O–H groups in total. The molecule has 2 rings (SSSR count). The van der Waals surface area contributed by atoms with Crippen molar-refractivity contribution in [3.8, 4) is 5.88 Å². The van der Waals surface area contributed by atoms with Crippen molar-refractivity contribution in [1.29, 1.82) is 0 Å². The van der Waals surface area contributed by atoms with E-state index in [0.29, 0.717) is 5.69 Å². The average molecular weight is 282 g/mol. The summed E-state index contributed by atoms with van der Waals surface area (Å²) in [5.41, 5.74) is 0.593. The Morgan fingerprint density at radius 1 is 1.25 bits per heavy atom. The number of aliphatic hydroxyl groups excluding tert-OH is 1. The molecule has 0 aliphatic carbocycles. The molecular formula is C14H16F2N2O2. The van der Waals surface area contributed by atoms with E-state index >= 15 is 0 Å². The van der Waals surface area contributed by atoms with Crippen LogP contribution in [0.1, 0.15) is 28.5 Å². The van der Waals surface area contributed by atoms with E-state index in [0.717, 1.165) is 6.07 Å². The van der Waals surface area contributed by atoms with Crippen LogP contribution in [0.25, 0.3) is 0 Å². The first-order chi connectivity index (χ1) is 9.38. The van der Waals surface area contributed by atoms with Crippen LogP contribution in [-0.2, 0) is 7.05 Å². The van der Waals surface area contributed by atoms with E-state index in [-0.39, 0.29) is 22.6 Å². The van der Waals surface area contributed by atoms with Gasteiger partial charge in [0.1, 0.15) is 17.7 Å². The summed E-state index contributed by atoms with van der Waals surface area (Å²) in [6.45, 7) is 3.16. The van der Waals surface area contributed by atoms with Crippen LogP contribution in [0.2, 0.25) is 0 Å². The molecule has 6 heteroatoms. The van der Waals surface area contributed by atoms with E-state index in [1.165, 1.54) is 24.8 Å². The Kier molecular flexibility index (Phi) is 3.76. The molecule has 2 aromatic rings. The zero-order valence-electron chi connectivity index (χ0n) is 11.7. The van der Waals surface area contributed by atoms with Gasteiger partial charge in [0, 0.05) is 7.05 Å². The third kappa shape index (κ3) is 2.16. The number of hydrogen-bond acceptors (Lipinski definition) is 3. The van der Waals surface area contributed by atoms with Gasteiger partial charge in [-0.1, -0.05) is 6.07 Å². The minimum atomic E-state index is -1.47. The molecule has 0 bridgehead atoms. The first-order valence-electron chi connectivity index (χ1n) is 6.08. The highest BCUT2D eigenvalue weighted by molar-refractivity contribution is 5.41. The van der Waals surface area contributed by atoms with E-state index < -0.39 is 17.7 Å². The minimum absolute atomic E-state index is 0.262. The van der Waals surface area contributed by atoms with Crippen molar-refractivity contribution in [2.45, 2.75) is 20.0 Å². The molecule has 1 atom stereocenters. The second-order valence-electron chi connectivity index (χ2n) is 4.63. The standard InChI is InChI=1S/C14H16F2N2O2/c1-7-5-6-9(15)11(12(7)16)13(19)10-8(2)17-18(3)14(10)20-4/h5-6,13,19H,1-4H3. The summed E-state index contributed by atoms with van der Waals surface area (Å²) in [5, 5.41) is 14.5. The SMILES string of the molecule is COc1c(C(O)c2c(F)ccc(C)c2F)c(C)nn1C. The van der Waals surface area contributed by atoms with Gasteiger partial charge in [0.2, 0.25) is 5.88 Å². The highest BCUT2D eigenvalue weighted by atomic mass is 19.1. The molecule has 108 valence electrons. The number of ether oxygens (including phenoxy) is 1. The van der Waals surface area contributed by atoms with E-state index in [1.807, 2.05) is 0 Å². The average Bonchev–Trinajstić information content (AvgIpc) is 2.68. The van der Waals surface area contributed by atoms with Crippen molar-refractivity contribution in [3.63, 3.8) is 0 Å². The Balaban J connectivity index is 2.63. The predicted octanol–water partition coefficient (Wildman–Crippen LogP) is 2.41. The van der Waals surface area contributed by atoms with E-state index in [2.05, 4.69) is 5.10 Å². The second kappa shape index (κ2) is 5.20. The Hall–Kier alpha value is -1.95. The van der Waals surface area contributed by atoms with E-state index in [9.17, 15) is 13.9 Å². The normalized spacial score (nSPS) is 12.6. The van der Waals surface area contributed by atoms with Crippen LogP contribution in [0.3, 0.4) is 0 Å². The third-order valence-corrected chi connectivity index (χ3v) is 3.27. The van der Waals surface area contributed by atoms with E-state index in [1.54, 1.807) is 14.0 Å². The smallest absolute Gasteiger partial charge is 0.217 e. The monoisotopic (exact) mass is 282 g/mol. The molecule has 20 heavy (non-hydrogen) atoms. The molecule has 1 aromatic carbocycles. The van der Waals surface area contributed by atoms with Gasteiger partial charge in [-0.3, -0.25) is 0 Å². The quantitative estimate of drug-likeness (QED) is 0.940. The van der Waals surface area contributed by atoms with Gasteiger partial charge in [0.15, 0.2) is 0 Å². The maximum Gasteiger partial charge on any atom is 0.217 e. The minimum Gasteiger partial charge on any atom is -0.481 e. The predicted molar refractivity (Wildman–Crippen MR) is 69.7 cm³/mol. The third-order valence-electron chi connectivity index (χ3n) is 3.27. The van der Waals surface area contributed by atoms with Crippen molar-refractivity contribution >= 4 is 0 Å². The van der Waals surface area contributed by atoms with E-state index in [4.69, 9.17) is 4.74 Å². The molecule has 0 amide bonds. The number of hydrogen-bond donors (Lipinski definition) is 1. The van der Waals surface area contributed by atoms with Gasteiger partial charge in [-0.05, 0) is 25.5 Å². The summed E-state index contributed by atoms with van der Waals surface area (Å²) in [5.74, 6) is -1.29. The highest BCUT2D eigenvalue weighted by Gasteiger charge is 2.28. The number of nitrogens with zero attached hydrogens (tertiary/aromatic N) is 2. The van der Waals surface area contributed by atoms with Gasteiger partial charge in [-0.2, -0.15) is 5.10 Å². The summed E-state index contributed by atoms with van der Waals surface area (Å²) in [7, 11) is 3.04. The molecule has 1 heterocycles. The maximum atomic E-state index is 14.1. The lowest BCUT2D eigenvalue weighted by Gasteiger charge is -2.15. The Morgan fingerprint density at radius 2 is 1.90 bits per heavy atom. The van der Waals surface area contributed by atoms with Crippen LogP contribution >= 0.6 is 0 Å². The number of aliphatic hydroxyl groups is 1. The topological polar surface area (TPSA) is 47.3 Å².